The summed E-state index contributed by atoms with van der Waals surface area (Å²) in [6, 6.07) is 11.8. The number of aromatic nitrogens is 4. The third-order valence-electron chi connectivity index (χ3n) is 4.51. The normalized spacial score (nSPS) is 10.9. The first-order valence-corrected chi connectivity index (χ1v) is 9.14. The average Bonchev–Trinajstić information content (AvgIpc) is 3.07. The first kappa shape index (κ1) is 18.8. The molecule has 0 aliphatic carbocycles. The summed E-state index contributed by atoms with van der Waals surface area (Å²) in [5.74, 6) is 0.0337. The van der Waals surface area contributed by atoms with Crippen LogP contribution in [0.2, 0.25) is 0 Å². The maximum Gasteiger partial charge on any atom is 0.335 e. The van der Waals surface area contributed by atoms with Crippen molar-refractivity contribution < 1.29 is 9.90 Å². The first-order chi connectivity index (χ1) is 13.0. The van der Waals surface area contributed by atoms with E-state index in [1.807, 2.05) is 6.92 Å². The third-order valence-corrected chi connectivity index (χ3v) is 4.51. The molecular formula is C21H24N4O2. The number of aromatic carboxylic acids is 1. The Morgan fingerprint density at radius 2 is 1.96 bits per heavy atom. The summed E-state index contributed by atoms with van der Waals surface area (Å²) in [6.07, 6.45) is 5.06. The Hall–Kier alpha value is -3.02. The van der Waals surface area contributed by atoms with Crippen molar-refractivity contribution in [2.24, 2.45) is 0 Å². The fourth-order valence-electron chi connectivity index (χ4n) is 3.19. The molecule has 2 aromatic heterocycles. The van der Waals surface area contributed by atoms with Gasteiger partial charge in [0.25, 0.3) is 0 Å². The number of nitrogens with zero attached hydrogens (tertiary/aromatic N) is 4. The lowest BCUT2D eigenvalue weighted by Crippen LogP contribution is -2.07. The molecule has 1 N–H and O–H groups in total. The summed E-state index contributed by atoms with van der Waals surface area (Å²) in [5, 5.41) is 17.5. The molecule has 0 aliphatic rings. The lowest BCUT2D eigenvalue weighted by atomic mass is 10.1. The van der Waals surface area contributed by atoms with E-state index in [1.54, 1.807) is 18.5 Å². The van der Waals surface area contributed by atoms with E-state index in [9.17, 15) is 4.79 Å². The highest BCUT2D eigenvalue weighted by molar-refractivity contribution is 5.87. The van der Waals surface area contributed by atoms with E-state index in [0.717, 1.165) is 43.0 Å². The van der Waals surface area contributed by atoms with Crippen LogP contribution in [0.1, 0.15) is 45.1 Å². The number of rotatable bonds is 8. The van der Waals surface area contributed by atoms with Crippen LogP contribution in [-0.4, -0.2) is 30.8 Å². The first-order valence-electron chi connectivity index (χ1n) is 9.14. The van der Waals surface area contributed by atoms with E-state index in [-0.39, 0.29) is 0 Å². The van der Waals surface area contributed by atoms with Crippen molar-refractivity contribution in [1.82, 2.24) is 19.7 Å². The van der Waals surface area contributed by atoms with Gasteiger partial charge in [0.2, 0.25) is 0 Å². The largest absolute Gasteiger partial charge is 0.478 e. The van der Waals surface area contributed by atoms with E-state index < -0.39 is 5.97 Å². The smallest absolute Gasteiger partial charge is 0.335 e. The second kappa shape index (κ2) is 8.58. The molecule has 0 spiro atoms. The van der Waals surface area contributed by atoms with E-state index in [4.69, 9.17) is 5.11 Å². The Bertz CT molecular complexity index is 933. The minimum Gasteiger partial charge on any atom is -0.478 e. The van der Waals surface area contributed by atoms with Gasteiger partial charge >= 0.3 is 5.97 Å². The number of hydrogen-bond acceptors (Lipinski definition) is 4. The van der Waals surface area contributed by atoms with Crippen molar-refractivity contribution in [2.75, 3.05) is 0 Å². The molecule has 0 fully saturated rings. The second-order valence-electron chi connectivity index (χ2n) is 6.83. The highest BCUT2D eigenvalue weighted by Crippen LogP contribution is 2.11. The zero-order valence-electron chi connectivity index (χ0n) is 15.7. The highest BCUT2D eigenvalue weighted by Gasteiger charge is 2.09. The van der Waals surface area contributed by atoms with Gasteiger partial charge in [0.15, 0.2) is 0 Å². The van der Waals surface area contributed by atoms with Gasteiger partial charge in [-0.3, -0.25) is 4.98 Å². The fraction of sp³-hybridized carbons (Fsp3) is 0.333. The van der Waals surface area contributed by atoms with Crippen LogP contribution in [0.25, 0.3) is 0 Å². The van der Waals surface area contributed by atoms with Gasteiger partial charge in [-0.15, -0.1) is 10.2 Å². The van der Waals surface area contributed by atoms with Gasteiger partial charge in [-0.1, -0.05) is 29.8 Å². The number of aryl methyl sites for hydroxylation is 6. The maximum atomic E-state index is 11.2. The molecule has 27 heavy (non-hydrogen) atoms. The number of carboxylic acid groups (broad SMARTS) is 1. The number of carbonyl (C=O) groups is 1. The summed E-state index contributed by atoms with van der Waals surface area (Å²) in [6.45, 7) is 4.76. The van der Waals surface area contributed by atoms with Gasteiger partial charge in [0.1, 0.15) is 12.2 Å². The molecule has 2 heterocycles. The predicted octanol–water partition coefficient (Wildman–Crippen LogP) is 3.41. The molecule has 0 atom stereocenters. The van der Waals surface area contributed by atoms with E-state index in [0.29, 0.717) is 12.0 Å². The van der Waals surface area contributed by atoms with Crippen molar-refractivity contribution in [3.05, 3.63) is 76.6 Å². The molecular weight excluding hydrogens is 340 g/mol. The third kappa shape index (κ3) is 5.23. The average molecular weight is 364 g/mol. The highest BCUT2D eigenvalue weighted by atomic mass is 16.4. The zero-order valence-corrected chi connectivity index (χ0v) is 15.7. The molecule has 3 aromatic rings. The Morgan fingerprint density at radius 1 is 1.11 bits per heavy atom. The van der Waals surface area contributed by atoms with Crippen molar-refractivity contribution in [1.29, 1.82) is 0 Å². The number of carboxylic acids is 1. The van der Waals surface area contributed by atoms with Gasteiger partial charge in [-0.25, -0.2) is 4.79 Å². The Morgan fingerprint density at radius 3 is 2.74 bits per heavy atom. The Kier molecular flexibility index (Phi) is 5.96. The van der Waals surface area contributed by atoms with Crippen LogP contribution in [0.3, 0.4) is 0 Å². The topological polar surface area (TPSA) is 80.9 Å². The fourth-order valence-corrected chi connectivity index (χ4v) is 3.19. The molecule has 3 rings (SSSR count). The van der Waals surface area contributed by atoms with E-state index in [2.05, 4.69) is 50.9 Å². The summed E-state index contributed by atoms with van der Waals surface area (Å²) >= 11 is 0. The lowest BCUT2D eigenvalue weighted by molar-refractivity contribution is 0.0696. The molecule has 6 nitrogen and oxygen atoms in total. The minimum absolute atomic E-state index is 0.291. The van der Waals surface area contributed by atoms with E-state index >= 15 is 0 Å². The van der Waals surface area contributed by atoms with Crippen LogP contribution in [0.5, 0.6) is 0 Å². The Labute approximate surface area is 158 Å². The number of hydrogen-bond donors (Lipinski definition) is 1. The van der Waals surface area contributed by atoms with Crippen molar-refractivity contribution in [3.63, 3.8) is 0 Å². The van der Waals surface area contributed by atoms with Crippen LogP contribution >= 0.6 is 0 Å². The lowest BCUT2D eigenvalue weighted by Gasteiger charge is -2.08. The van der Waals surface area contributed by atoms with Gasteiger partial charge < -0.3 is 9.67 Å². The molecule has 0 unspecified atom stereocenters. The monoisotopic (exact) mass is 364 g/mol. The number of pyridine rings is 1. The molecule has 0 bridgehead atoms. The molecule has 0 aliphatic heterocycles. The molecule has 0 amide bonds. The molecule has 0 saturated heterocycles. The molecule has 0 radical (unpaired) electrons. The van der Waals surface area contributed by atoms with Crippen LogP contribution < -0.4 is 0 Å². The quantitative estimate of drug-likeness (QED) is 0.662. The molecule has 1 aromatic carbocycles. The van der Waals surface area contributed by atoms with Gasteiger partial charge in [0.05, 0.1) is 5.56 Å². The molecule has 0 saturated carbocycles. The second-order valence-corrected chi connectivity index (χ2v) is 6.83. The standard InChI is InChI=1S/C21H24N4O2/c1-15-5-3-6-17(11-15)9-10-25-14-22-24-20(25)8-4-7-19-13-18(21(26)27)12-16(2)23-19/h3,5-6,11-14H,4,7-10H2,1-2H3,(H,26,27). The van der Waals surface area contributed by atoms with Crippen LogP contribution in [-0.2, 0) is 25.8 Å². The minimum atomic E-state index is -0.919. The van der Waals surface area contributed by atoms with Gasteiger partial charge in [0, 0.05) is 24.4 Å². The summed E-state index contributed by atoms with van der Waals surface area (Å²) in [5.41, 5.74) is 4.39. The maximum absolute atomic E-state index is 11.2. The van der Waals surface area contributed by atoms with Crippen molar-refractivity contribution in [3.8, 4) is 0 Å². The zero-order chi connectivity index (χ0) is 19.2. The van der Waals surface area contributed by atoms with Crippen molar-refractivity contribution in [2.45, 2.75) is 46.1 Å². The summed E-state index contributed by atoms with van der Waals surface area (Å²) < 4.78 is 2.09. The summed E-state index contributed by atoms with van der Waals surface area (Å²) in [7, 11) is 0. The van der Waals surface area contributed by atoms with Crippen LogP contribution in [0.4, 0.5) is 0 Å². The number of benzene rings is 1. The Balaban J connectivity index is 1.57. The van der Waals surface area contributed by atoms with Gasteiger partial charge in [-0.05, 0) is 50.8 Å². The molecule has 140 valence electrons. The predicted molar refractivity (Wildman–Crippen MR) is 103 cm³/mol. The van der Waals surface area contributed by atoms with Crippen molar-refractivity contribution >= 4 is 5.97 Å². The van der Waals surface area contributed by atoms with Crippen LogP contribution in [0.15, 0.2) is 42.7 Å². The summed E-state index contributed by atoms with van der Waals surface area (Å²) in [4.78, 5) is 15.6. The van der Waals surface area contributed by atoms with Crippen LogP contribution in [0, 0.1) is 13.8 Å². The van der Waals surface area contributed by atoms with Gasteiger partial charge in [-0.2, -0.15) is 0 Å². The SMILES string of the molecule is Cc1cccc(CCn2cnnc2CCCc2cc(C(=O)O)cc(C)n2)c1. The van der Waals surface area contributed by atoms with E-state index in [1.165, 1.54) is 11.1 Å². The molecule has 6 heteroatoms.